The van der Waals surface area contributed by atoms with Gasteiger partial charge in [0.15, 0.2) is 0 Å². The molecule has 0 rings (SSSR count). The Bertz CT molecular complexity index is 490. The van der Waals surface area contributed by atoms with E-state index in [1.165, 1.54) is 32.1 Å². The van der Waals surface area contributed by atoms with Gasteiger partial charge in [-0.3, -0.25) is 9.59 Å². The fraction of sp³-hybridized carbons (Fsp3) is 0.926. The average Bonchev–Trinajstić information content (AvgIpc) is 2.89. The molecule has 0 amide bonds. The Morgan fingerprint density at radius 2 is 0.784 bits per heavy atom. The lowest BCUT2D eigenvalue weighted by Crippen LogP contribution is -2.15. The summed E-state index contributed by atoms with van der Waals surface area (Å²) in [6, 6.07) is 0. The van der Waals surface area contributed by atoms with Crippen molar-refractivity contribution in [3.05, 3.63) is 0 Å². The maximum Gasteiger partial charge on any atom is 0.308 e. The largest absolute Gasteiger partial charge is 0.466 e. The van der Waals surface area contributed by atoms with Gasteiger partial charge in [0.05, 0.1) is 92.3 Å². The van der Waals surface area contributed by atoms with E-state index in [-0.39, 0.29) is 25.0 Å². The van der Waals surface area contributed by atoms with Crippen LogP contribution in [-0.4, -0.2) is 104 Å². The average molecular weight is 537 g/mol. The standard InChI is InChI=1S/C27H52O10/c1-3-5-6-7-8-9-10-11-26(28)37-25-24-35-23-22-34-21-20-33-19-18-32-17-16-31-15-14-30-13-12-27(29)36-4-2/h3-25H2,1-2H3. The third-order valence-electron chi connectivity index (χ3n) is 5.09. The maximum atomic E-state index is 11.7. The highest BCUT2D eigenvalue weighted by Crippen LogP contribution is 2.08. The molecule has 0 aliphatic carbocycles. The van der Waals surface area contributed by atoms with Gasteiger partial charge in [-0.05, 0) is 13.3 Å². The molecule has 0 radical (unpaired) electrons. The highest BCUT2D eigenvalue weighted by Gasteiger charge is 2.03. The first-order valence-electron chi connectivity index (χ1n) is 14.0. The zero-order valence-electron chi connectivity index (χ0n) is 23.3. The second-order valence-electron chi connectivity index (χ2n) is 8.32. The summed E-state index contributed by atoms with van der Waals surface area (Å²) >= 11 is 0. The van der Waals surface area contributed by atoms with Crippen molar-refractivity contribution in [2.24, 2.45) is 0 Å². The Kier molecular flexibility index (Phi) is 29.8. The van der Waals surface area contributed by atoms with E-state index < -0.39 is 0 Å². The molecule has 0 unspecified atom stereocenters. The van der Waals surface area contributed by atoms with Crippen LogP contribution >= 0.6 is 0 Å². The predicted octanol–water partition coefficient (Wildman–Crippen LogP) is 3.72. The Balaban J connectivity index is 3.13. The summed E-state index contributed by atoms with van der Waals surface area (Å²) in [6.07, 6.45) is 9.06. The van der Waals surface area contributed by atoms with Gasteiger partial charge in [-0.2, -0.15) is 0 Å². The zero-order chi connectivity index (χ0) is 27.1. The SMILES string of the molecule is CCCCCCCCCC(=O)OCCOCCOCCOCCOCCOCCOCCC(=O)OCC. The minimum absolute atomic E-state index is 0.143. The summed E-state index contributed by atoms with van der Waals surface area (Å²) in [6.45, 7) is 10.1. The summed E-state index contributed by atoms with van der Waals surface area (Å²) in [5.41, 5.74) is 0. The minimum Gasteiger partial charge on any atom is -0.466 e. The molecule has 10 heteroatoms. The summed E-state index contributed by atoms with van der Waals surface area (Å²) in [5.74, 6) is -0.393. The van der Waals surface area contributed by atoms with Crippen LogP contribution in [-0.2, 0) is 47.5 Å². The molecular formula is C27H52O10. The van der Waals surface area contributed by atoms with E-state index in [2.05, 4.69) is 6.92 Å². The fourth-order valence-electron chi connectivity index (χ4n) is 3.10. The van der Waals surface area contributed by atoms with Crippen molar-refractivity contribution in [1.82, 2.24) is 0 Å². The van der Waals surface area contributed by atoms with Crippen molar-refractivity contribution in [2.45, 2.75) is 71.6 Å². The van der Waals surface area contributed by atoms with Crippen LogP contribution < -0.4 is 0 Å². The molecule has 37 heavy (non-hydrogen) atoms. The quantitative estimate of drug-likeness (QED) is 0.0995. The van der Waals surface area contributed by atoms with Crippen molar-refractivity contribution in [3.8, 4) is 0 Å². The van der Waals surface area contributed by atoms with Crippen LogP contribution in [0.3, 0.4) is 0 Å². The minimum atomic E-state index is -0.250. The Hall–Kier alpha value is -1.30. The van der Waals surface area contributed by atoms with Crippen LogP contribution in [0.25, 0.3) is 0 Å². The molecule has 0 aliphatic rings. The van der Waals surface area contributed by atoms with Gasteiger partial charge in [0.2, 0.25) is 0 Å². The molecule has 0 aromatic carbocycles. The molecule has 10 nitrogen and oxygen atoms in total. The summed E-state index contributed by atoms with van der Waals surface area (Å²) in [4.78, 5) is 22.8. The van der Waals surface area contributed by atoms with Crippen LogP contribution in [0.15, 0.2) is 0 Å². The molecule has 0 saturated heterocycles. The second kappa shape index (κ2) is 30.9. The molecule has 0 aliphatic heterocycles. The number of esters is 2. The van der Waals surface area contributed by atoms with Gasteiger partial charge in [-0.15, -0.1) is 0 Å². The topological polar surface area (TPSA) is 108 Å². The van der Waals surface area contributed by atoms with E-state index in [9.17, 15) is 9.59 Å². The first-order chi connectivity index (χ1) is 18.2. The number of hydrogen-bond acceptors (Lipinski definition) is 10. The first kappa shape index (κ1) is 35.7. The molecule has 0 aromatic heterocycles. The maximum absolute atomic E-state index is 11.7. The number of rotatable bonds is 30. The molecule has 0 atom stereocenters. The van der Waals surface area contributed by atoms with Gasteiger partial charge >= 0.3 is 11.9 Å². The van der Waals surface area contributed by atoms with E-state index in [1.54, 1.807) is 6.92 Å². The third kappa shape index (κ3) is 30.8. The van der Waals surface area contributed by atoms with Gasteiger partial charge < -0.3 is 37.9 Å². The predicted molar refractivity (Wildman–Crippen MR) is 140 cm³/mol. The monoisotopic (exact) mass is 536 g/mol. The zero-order valence-corrected chi connectivity index (χ0v) is 23.3. The van der Waals surface area contributed by atoms with Gasteiger partial charge in [0, 0.05) is 6.42 Å². The molecule has 0 N–H and O–H groups in total. The second-order valence-corrected chi connectivity index (χ2v) is 8.32. The van der Waals surface area contributed by atoms with Crippen molar-refractivity contribution >= 4 is 11.9 Å². The fourth-order valence-corrected chi connectivity index (χ4v) is 3.10. The van der Waals surface area contributed by atoms with Gasteiger partial charge in [0.1, 0.15) is 6.61 Å². The molecule has 0 bridgehead atoms. The van der Waals surface area contributed by atoms with E-state index in [4.69, 9.17) is 37.9 Å². The highest BCUT2D eigenvalue weighted by atomic mass is 16.6. The van der Waals surface area contributed by atoms with E-state index in [1.807, 2.05) is 0 Å². The van der Waals surface area contributed by atoms with Crippen molar-refractivity contribution in [1.29, 1.82) is 0 Å². The van der Waals surface area contributed by atoms with Gasteiger partial charge in [0.25, 0.3) is 0 Å². The van der Waals surface area contributed by atoms with Crippen LogP contribution in [0.4, 0.5) is 0 Å². The van der Waals surface area contributed by atoms with Crippen LogP contribution in [0.1, 0.15) is 71.6 Å². The lowest BCUT2D eigenvalue weighted by Gasteiger charge is -2.08. The molecule has 0 spiro atoms. The number of carbonyl (C=O) groups excluding carboxylic acids is 2. The molecule has 0 heterocycles. The molecule has 0 aromatic rings. The lowest BCUT2D eigenvalue weighted by atomic mass is 10.1. The number of unbranched alkanes of at least 4 members (excludes halogenated alkanes) is 6. The van der Waals surface area contributed by atoms with Crippen molar-refractivity contribution < 1.29 is 47.5 Å². The van der Waals surface area contributed by atoms with Crippen molar-refractivity contribution in [3.63, 3.8) is 0 Å². The molecule has 0 fully saturated rings. The number of hydrogen-bond donors (Lipinski definition) is 0. The normalized spacial score (nSPS) is 11.1. The molecule has 0 saturated carbocycles. The smallest absolute Gasteiger partial charge is 0.308 e. The Morgan fingerprint density at radius 1 is 0.405 bits per heavy atom. The third-order valence-corrected chi connectivity index (χ3v) is 5.09. The Labute approximate surface area is 223 Å². The van der Waals surface area contributed by atoms with Crippen LogP contribution in [0.2, 0.25) is 0 Å². The summed E-state index contributed by atoms with van der Waals surface area (Å²) < 4.78 is 42.3. The molecular weight excluding hydrogens is 484 g/mol. The van der Waals surface area contributed by atoms with Gasteiger partial charge in [-0.25, -0.2) is 0 Å². The number of ether oxygens (including phenoxy) is 8. The number of carbonyl (C=O) groups is 2. The van der Waals surface area contributed by atoms with E-state index in [0.717, 1.165) is 12.8 Å². The summed E-state index contributed by atoms with van der Waals surface area (Å²) in [7, 11) is 0. The van der Waals surface area contributed by atoms with E-state index in [0.29, 0.717) is 92.3 Å². The van der Waals surface area contributed by atoms with E-state index >= 15 is 0 Å². The highest BCUT2D eigenvalue weighted by molar-refractivity contribution is 5.69. The van der Waals surface area contributed by atoms with Crippen molar-refractivity contribution in [2.75, 3.05) is 92.5 Å². The van der Waals surface area contributed by atoms with Gasteiger partial charge in [-0.1, -0.05) is 45.4 Å². The summed E-state index contributed by atoms with van der Waals surface area (Å²) in [5, 5.41) is 0. The first-order valence-corrected chi connectivity index (χ1v) is 14.0. The molecule has 220 valence electrons. The lowest BCUT2D eigenvalue weighted by molar-refractivity contribution is -0.146. The van der Waals surface area contributed by atoms with Crippen LogP contribution in [0.5, 0.6) is 0 Å². The van der Waals surface area contributed by atoms with Crippen LogP contribution in [0, 0.1) is 0 Å². The Morgan fingerprint density at radius 3 is 1.24 bits per heavy atom.